The third-order valence-corrected chi connectivity index (χ3v) is 2.44. The number of carbonyl (C=O) groups excluding carboxylic acids is 1. The molecule has 15 heavy (non-hydrogen) atoms. The first kappa shape index (κ1) is 12.2. The molecule has 1 aliphatic rings. The minimum absolute atomic E-state index is 0.0563. The zero-order valence-corrected chi connectivity index (χ0v) is 9.49. The molecule has 1 heterocycles. The van der Waals surface area contributed by atoms with Gasteiger partial charge < -0.3 is 14.2 Å². The van der Waals surface area contributed by atoms with Crippen LogP contribution in [0.5, 0.6) is 0 Å². The maximum Gasteiger partial charge on any atom is 0.306 e. The molecular weight excluding hydrogens is 196 g/mol. The second-order valence-corrected chi connectivity index (χ2v) is 4.05. The Morgan fingerprint density at radius 1 is 1.73 bits per heavy atom. The van der Waals surface area contributed by atoms with E-state index in [1.54, 1.807) is 6.08 Å². The lowest BCUT2D eigenvalue weighted by molar-refractivity contribution is -0.150. The first-order chi connectivity index (χ1) is 6.98. The Hall–Kier alpha value is -0.870. The van der Waals surface area contributed by atoms with Gasteiger partial charge in [-0.1, -0.05) is 6.08 Å². The number of carbonyl (C=O) groups is 1. The molecule has 4 nitrogen and oxygen atoms in total. The molecule has 1 saturated heterocycles. The van der Waals surface area contributed by atoms with E-state index in [-0.39, 0.29) is 24.4 Å². The van der Waals surface area contributed by atoms with Crippen molar-refractivity contribution in [2.24, 2.45) is 5.92 Å². The Morgan fingerprint density at radius 3 is 2.80 bits per heavy atom. The number of rotatable bonds is 4. The average molecular weight is 214 g/mol. The van der Waals surface area contributed by atoms with Gasteiger partial charge in [0.05, 0.1) is 26.2 Å². The van der Waals surface area contributed by atoms with Crippen LogP contribution >= 0.6 is 0 Å². The summed E-state index contributed by atoms with van der Waals surface area (Å²) < 4.78 is 15.7. The summed E-state index contributed by atoms with van der Waals surface area (Å²) in [4.78, 5) is 11.1. The molecule has 0 aliphatic carbocycles. The van der Waals surface area contributed by atoms with Crippen molar-refractivity contribution >= 4 is 5.97 Å². The zero-order valence-electron chi connectivity index (χ0n) is 9.49. The summed E-state index contributed by atoms with van der Waals surface area (Å²) in [5.74, 6) is -0.880. The van der Waals surface area contributed by atoms with Gasteiger partial charge in [-0.05, 0) is 13.8 Å². The number of methoxy groups -OCH3 is 1. The molecule has 0 bridgehead atoms. The van der Waals surface area contributed by atoms with E-state index in [9.17, 15) is 4.79 Å². The highest BCUT2D eigenvalue weighted by Crippen LogP contribution is 2.28. The summed E-state index contributed by atoms with van der Waals surface area (Å²) >= 11 is 0. The summed E-state index contributed by atoms with van der Waals surface area (Å²) in [6.45, 7) is 7.89. The van der Waals surface area contributed by atoms with Crippen molar-refractivity contribution in [1.29, 1.82) is 0 Å². The van der Waals surface area contributed by atoms with Crippen molar-refractivity contribution in [3.05, 3.63) is 12.7 Å². The molecule has 0 amide bonds. The fourth-order valence-electron chi connectivity index (χ4n) is 1.57. The molecular formula is C11H18O4. The zero-order chi connectivity index (χ0) is 11.5. The van der Waals surface area contributed by atoms with Crippen molar-refractivity contribution < 1.29 is 19.0 Å². The fourth-order valence-corrected chi connectivity index (χ4v) is 1.57. The van der Waals surface area contributed by atoms with E-state index in [1.165, 1.54) is 7.11 Å². The molecule has 0 saturated carbocycles. The van der Waals surface area contributed by atoms with Gasteiger partial charge in [-0.25, -0.2) is 0 Å². The van der Waals surface area contributed by atoms with E-state index >= 15 is 0 Å². The Labute approximate surface area is 90.2 Å². The average Bonchev–Trinajstić information content (AvgIpc) is 2.54. The van der Waals surface area contributed by atoms with Gasteiger partial charge in [-0.2, -0.15) is 0 Å². The van der Waals surface area contributed by atoms with Crippen LogP contribution in [0.15, 0.2) is 12.7 Å². The quantitative estimate of drug-likeness (QED) is 0.525. The number of esters is 1. The van der Waals surface area contributed by atoms with E-state index in [0.717, 1.165) is 0 Å². The SMILES string of the molecule is C=CC(CC(=O)OC)C1COC(C)(C)O1. The Balaban J connectivity index is 2.53. The van der Waals surface area contributed by atoms with E-state index < -0.39 is 5.79 Å². The van der Waals surface area contributed by atoms with E-state index in [0.29, 0.717) is 6.61 Å². The fraction of sp³-hybridized carbons (Fsp3) is 0.727. The second-order valence-electron chi connectivity index (χ2n) is 4.05. The normalized spacial score (nSPS) is 25.9. The Morgan fingerprint density at radius 2 is 2.40 bits per heavy atom. The van der Waals surface area contributed by atoms with Crippen molar-refractivity contribution in [2.75, 3.05) is 13.7 Å². The lowest BCUT2D eigenvalue weighted by Crippen LogP contribution is -2.27. The van der Waals surface area contributed by atoms with Crippen LogP contribution in [0.1, 0.15) is 20.3 Å². The van der Waals surface area contributed by atoms with Gasteiger partial charge in [0.15, 0.2) is 5.79 Å². The monoisotopic (exact) mass is 214 g/mol. The van der Waals surface area contributed by atoms with E-state index in [1.807, 2.05) is 13.8 Å². The van der Waals surface area contributed by atoms with Gasteiger partial charge in [-0.3, -0.25) is 4.79 Å². The Kier molecular flexibility index (Phi) is 3.88. The molecule has 2 unspecified atom stereocenters. The van der Waals surface area contributed by atoms with Gasteiger partial charge in [0.1, 0.15) is 0 Å². The lowest BCUT2D eigenvalue weighted by atomic mass is 9.99. The van der Waals surface area contributed by atoms with Crippen LogP contribution in [0, 0.1) is 5.92 Å². The minimum atomic E-state index is -0.567. The van der Waals surface area contributed by atoms with Gasteiger partial charge in [0.25, 0.3) is 0 Å². The summed E-state index contributed by atoms with van der Waals surface area (Å²) in [5, 5.41) is 0. The van der Waals surface area contributed by atoms with Gasteiger partial charge in [-0.15, -0.1) is 6.58 Å². The number of hydrogen-bond donors (Lipinski definition) is 0. The van der Waals surface area contributed by atoms with Crippen LogP contribution < -0.4 is 0 Å². The van der Waals surface area contributed by atoms with Crippen molar-refractivity contribution in [3.8, 4) is 0 Å². The molecule has 0 N–H and O–H groups in total. The molecule has 1 fully saturated rings. The van der Waals surface area contributed by atoms with Gasteiger partial charge >= 0.3 is 5.97 Å². The van der Waals surface area contributed by atoms with Crippen LogP contribution in [0.3, 0.4) is 0 Å². The van der Waals surface area contributed by atoms with Crippen LogP contribution in [-0.2, 0) is 19.0 Å². The topological polar surface area (TPSA) is 44.8 Å². The first-order valence-corrected chi connectivity index (χ1v) is 4.99. The van der Waals surface area contributed by atoms with Crippen LogP contribution in [0.4, 0.5) is 0 Å². The first-order valence-electron chi connectivity index (χ1n) is 4.99. The third kappa shape index (κ3) is 3.32. The largest absolute Gasteiger partial charge is 0.469 e. The smallest absolute Gasteiger partial charge is 0.306 e. The van der Waals surface area contributed by atoms with Gasteiger partial charge in [0, 0.05) is 5.92 Å². The molecule has 0 aromatic carbocycles. The molecule has 0 radical (unpaired) electrons. The molecule has 0 spiro atoms. The minimum Gasteiger partial charge on any atom is -0.469 e. The van der Waals surface area contributed by atoms with E-state index in [4.69, 9.17) is 9.47 Å². The van der Waals surface area contributed by atoms with Crippen LogP contribution in [-0.4, -0.2) is 31.6 Å². The standard InChI is InChI=1S/C11H18O4/c1-5-8(6-10(12)13-4)9-7-14-11(2,3)15-9/h5,8-9H,1,6-7H2,2-4H3. The molecule has 86 valence electrons. The maximum absolute atomic E-state index is 11.1. The lowest BCUT2D eigenvalue weighted by Gasteiger charge is -2.20. The summed E-state index contributed by atoms with van der Waals surface area (Å²) in [6, 6.07) is 0. The van der Waals surface area contributed by atoms with E-state index in [2.05, 4.69) is 11.3 Å². The molecule has 0 aromatic rings. The van der Waals surface area contributed by atoms with Gasteiger partial charge in [0.2, 0.25) is 0 Å². The predicted molar refractivity (Wildman–Crippen MR) is 55.2 cm³/mol. The molecule has 1 aliphatic heterocycles. The number of hydrogen-bond acceptors (Lipinski definition) is 4. The van der Waals surface area contributed by atoms with Crippen LogP contribution in [0.2, 0.25) is 0 Å². The number of ether oxygens (including phenoxy) is 3. The molecule has 2 atom stereocenters. The third-order valence-electron chi connectivity index (χ3n) is 2.44. The maximum atomic E-state index is 11.1. The Bertz CT molecular complexity index is 247. The van der Waals surface area contributed by atoms with Crippen molar-refractivity contribution in [1.82, 2.24) is 0 Å². The van der Waals surface area contributed by atoms with Crippen LogP contribution in [0.25, 0.3) is 0 Å². The summed E-state index contributed by atoms with van der Waals surface area (Å²) in [6.07, 6.45) is 1.88. The van der Waals surface area contributed by atoms with Crippen molar-refractivity contribution in [2.45, 2.75) is 32.2 Å². The highest BCUT2D eigenvalue weighted by molar-refractivity contribution is 5.69. The highest BCUT2D eigenvalue weighted by Gasteiger charge is 2.37. The molecule has 4 heteroatoms. The summed E-state index contributed by atoms with van der Waals surface area (Å²) in [7, 11) is 1.37. The molecule has 1 rings (SSSR count). The van der Waals surface area contributed by atoms with Crippen molar-refractivity contribution in [3.63, 3.8) is 0 Å². The highest BCUT2D eigenvalue weighted by atomic mass is 16.7. The predicted octanol–water partition coefficient (Wildman–Crippen LogP) is 1.50. The molecule has 0 aromatic heterocycles. The summed E-state index contributed by atoms with van der Waals surface area (Å²) in [5.41, 5.74) is 0. The second kappa shape index (κ2) is 4.77.